The fraction of sp³-hybridized carbons (Fsp3) is 0.400. The average Bonchev–Trinajstić information content (AvgIpc) is 2.91. The van der Waals surface area contributed by atoms with E-state index in [-0.39, 0.29) is 12.1 Å². The largest absolute Gasteiger partial charge is 0.365 e. The first-order valence-corrected chi connectivity index (χ1v) is 9.89. The minimum atomic E-state index is -0.508. The van der Waals surface area contributed by atoms with Gasteiger partial charge in [-0.25, -0.2) is 4.79 Å². The molecular formula is C20H25N3O2S. The highest BCUT2D eigenvalue weighted by molar-refractivity contribution is 7.17. The van der Waals surface area contributed by atoms with Crippen LogP contribution in [0.5, 0.6) is 0 Å². The number of thiophene rings is 1. The van der Waals surface area contributed by atoms with E-state index in [4.69, 9.17) is 5.73 Å². The summed E-state index contributed by atoms with van der Waals surface area (Å²) in [6, 6.07) is 10.0. The molecule has 2 aromatic rings. The molecule has 1 aromatic heterocycles. The number of benzene rings is 1. The van der Waals surface area contributed by atoms with E-state index < -0.39 is 5.91 Å². The molecule has 5 nitrogen and oxygen atoms in total. The van der Waals surface area contributed by atoms with E-state index in [1.54, 1.807) is 0 Å². The standard InChI is InChI=1S/C20H25N3O2S/c1-13-16(12-14-8-4-2-5-9-14)26-19(17(13)18(21)24)23-20(25)22-15-10-6-3-7-11-15/h2,4-5,8-9,15H,3,6-7,10-12H2,1H3,(H2,21,24)(H2,22,23,25). The van der Waals surface area contributed by atoms with Crippen LogP contribution >= 0.6 is 11.3 Å². The molecule has 0 spiro atoms. The maximum Gasteiger partial charge on any atom is 0.320 e. The minimum absolute atomic E-state index is 0.214. The molecule has 1 fully saturated rings. The van der Waals surface area contributed by atoms with Crippen molar-refractivity contribution in [2.45, 2.75) is 51.5 Å². The molecule has 3 rings (SSSR count). The molecule has 0 bridgehead atoms. The molecule has 0 saturated heterocycles. The van der Waals surface area contributed by atoms with E-state index in [2.05, 4.69) is 10.6 Å². The SMILES string of the molecule is Cc1c(Cc2ccccc2)sc(NC(=O)NC2CCCCC2)c1C(N)=O. The number of carbonyl (C=O) groups excluding carboxylic acids is 2. The highest BCUT2D eigenvalue weighted by Gasteiger charge is 2.22. The molecule has 0 atom stereocenters. The first-order chi connectivity index (χ1) is 12.5. The van der Waals surface area contributed by atoms with Crippen molar-refractivity contribution in [3.05, 3.63) is 51.9 Å². The fourth-order valence-electron chi connectivity index (χ4n) is 3.47. The van der Waals surface area contributed by atoms with Crippen LogP contribution in [0.3, 0.4) is 0 Å². The Hall–Kier alpha value is -2.34. The highest BCUT2D eigenvalue weighted by Crippen LogP contribution is 2.34. The number of primary amides is 1. The summed E-state index contributed by atoms with van der Waals surface area (Å²) in [5.74, 6) is -0.508. The van der Waals surface area contributed by atoms with Gasteiger partial charge in [-0.2, -0.15) is 0 Å². The molecule has 138 valence electrons. The molecule has 6 heteroatoms. The Morgan fingerprint density at radius 2 is 1.85 bits per heavy atom. The molecule has 0 unspecified atom stereocenters. The number of rotatable bonds is 5. The van der Waals surface area contributed by atoms with Gasteiger partial charge in [-0.15, -0.1) is 11.3 Å². The number of amides is 3. The zero-order valence-corrected chi connectivity index (χ0v) is 15.8. The molecular weight excluding hydrogens is 346 g/mol. The molecule has 26 heavy (non-hydrogen) atoms. The number of hydrogen-bond acceptors (Lipinski definition) is 3. The first kappa shape index (κ1) is 18.5. The molecule has 1 aromatic carbocycles. The first-order valence-electron chi connectivity index (χ1n) is 9.08. The van der Waals surface area contributed by atoms with Gasteiger partial charge < -0.3 is 11.1 Å². The molecule has 4 N–H and O–H groups in total. The summed E-state index contributed by atoms with van der Waals surface area (Å²) in [6.45, 7) is 1.89. The van der Waals surface area contributed by atoms with Gasteiger partial charge in [-0.05, 0) is 30.9 Å². The Bertz CT molecular complexity index is 780. The highest BCUT2D eigenvalue weighted by atomic mass is 32.1. The van der Waals surface area contributed by atoms with Crippen LogP contribution in [0.2, 0.25) is 0 Å². The van der Waals surface area contributed by atoms with Gasteiger partial charge in [0.2, 0.25) is 0 Å². The van der Waals surface area contributed by atoms with E-state index in [9.17, 15) is 9.59 Å². The van der Waals surface area contributed by atoms with Crippen molar-refractivity contribution in [1.82, 2.24) is 5.32 Å². The second-order valence-electron chi connectivity index (χ2n) is 6.81. The molecule has 0 radical (unpaired) electrons. The lowest BCUT2D eigenvalue weighted by atomic mass is 9.96. The van der Waals surface area contributed by atoms with Crippen molar-refractivity contribution in [3.8, 4) is 0 Å². The molecule has 1 saturated carbocycles. The number of hydrogen-bond donors (Lipinski definition) is 3. The third-order valence-corrected chi connectivity index (χ3v) is 6.07. The van der Waals surface area contributed by atoms with Crippen LogP contribution in [0.1, 0.15) is 58.5 Å². The predicted octanol–water partition coefficient (Wildman–Crippen LogP) is 4.20. The van der Waals surface area contributed by atoms with Crippen molar-refractivity contribution in [2.24, 2.45) is 5.73 Å². The Kier molecular flexibility index (Phi) is 5.93. The Labute approximate surface area is 158 Å². The number of carbonyl (C=O) groups is 2. The molecule has 3 amide bonds. The van der Waals surface area contributed by atoms with E-state index in [0.29, 0.717) is 17.0 Å². The van der Waals surface area contributed by atoms with Crippen LogP contribution in [0.25, 0.3) is 0 Å². The van der Waals surface area contributed by atoms with Crippen LogP contribution in [-0.2, 0) is 6.42 Å². The zero-order chi connectivity index (χ0) is 18.5. The Morgan fingerprint density at radius 3 is 2.50 bits per heavy atom. The van der Waals surface area contributed by atoms with Crippen molar-refractivity contribution >= 4 is 28.3 Å². The molecule has 1 heterocycles. The second-order valence-corrected chi connectivity index (χ2v) is 7.92. The van der Waals surface area contributed by atoms with E-state index in [1.165, 1.54) is 17.8 Å². The average molecular weight is 372 g/mol. The lowest BCUT2D eigenvalue weighted by Gasteiger charge is -2.22. The van der Waals surface area contributed by atoms with Gasteiger partial charge in [-0.3, -0.25) is 10.1 Å². The summed E-state index contributed by atoms with van der Waals surface area (Å²) in [5.41, 5.74) is 8.00. The smallest absolute Gasteiger partial charge is 0.320 e. The van der Waals surface area contributed by atoms with Crippen LogP contribution in [0.4, 0.5) is 9.80 Å². The lowest BCUT2D eigenvalue weighted by Crippen LogP contribution is -2.39. The van der Waals surface area contributed by atoms with E-state index in [0.717, 1.165) is 41.7 Å². The van der Waals surface area contributed by atoms with Gasteiger partial charge in [0.1, 0.15) is 5.00 Å². The van der Waals surface area contributed by atoms with E-state index in [1.807, 2.05) is 37.3 Å². The van der Waals surface area contributed by atoms with Gasteiger partial charge in [0.05, 0.1) is 5.56 Å². The maximum absolute atomic E-state index is 12.4. The summed E-state index contributed by atoms with van der Waals surface area (Å²) in [5, 5.41) is 6.41. The summed E-state index contributed by atoms with van der Waals surface area (Å²) < 4.78 is 0. The van der Waals surface area contributed by atoms with Gasteiger partial charge in [0.25, 0.3) is 5.91 Å². The van der Waals surface area contributed by atoms with Crippen LogP contribution < -0.4 is 16.4 Å². The molecule has 1 aliphatic rings. The monoisotopic (exact) mass is 371 g/mol. The van der Waals surface area contributed by atoms with Crippen LogP contribution in [-0.4, -0.2) is 18.0 Å². The van der Waals surface area contributed by atoms with Gasteiger partial charge in [0.15, 0.2) is 0 Å². The summed E-state index contributed by atoms with van der Waals surface area (Å²) >= 11 is 1.43. The third-order valence-electron chi connectivity index (χ3n) is 4.87. The molecule has 0 aliphatic heterocycles. The number of anilines is 1. The van der Waals surface area contributed by atoms with Gasteiger partial charge in [-0.1, -0.05) is 49.6 Å². The topological polar surface area (TPSA) is 84.2 Å². The number of nitrogens with two attached hydrogens (primary N) is 1. The maximum atomic E-state index is 12.4. The van der Waals surface area contributed by atoms with Crippen molar-refractivity contribution in [2.75, 3.05) is 5.32 Å². The zero-order valence-electron chi connectivity index (χ0n) is 15.0. The normalized spacial score (nSPS) is 14.8. The van der Waals surface area contributed by atoms with Crippen LogP contribution in [0.15, 0.2) is 30.3 Å². The quantitative estimate of drug-likeness (QED) is 0.736. The third kappa shape index (κ3) is 4.43. The number of nitrogens with one attached hydrogen (secondary N) is 2. The minimum Gasteiger partial charge on any atom is -0.365 e. The van der Waals surface area contributed by atoms with Crippen molar-refractivity contribution < 1.29 is 9.59 Å². The fourth-order valence-corrected chi connectivity index (χ4v) is 4.71. The van der Waals surface area contributed by atoms with E-state index >= 15 is 0 Å². The summed E-state index contributed by atoms with van der Waals surface area (Å²) in [6.07, 6.45) is 6.27. The van der Waals surface area contributed by atoms with Crippen LogP contribution in [0, 0.1) is 6.92 Å². The van der Waals surface area contributed by atoms with Crippen molar-refractivity contribution in [3.63, 3.8) is 0 Å². The second kappa shape index (κ2) is 8.36. The Morgan fingerprint density at radius 1 is 1.15 bits per heavy atom. The van der Waals surface area contributed by atoms with Crippen molar-refractivity contribution in [1.29, 1.82) is 0 Å². The number of urea groups is 1. The molecule has 1 aliphatic carbocycles. The lowest BCUT2D eigenvalue weighted by molar-refractivity contribution is 0.100. The van der Waals surface area contributed by atoms with Gasteiger partial charge in [0, 0.05) is 17.3 Å². The van der Waals surface area contributed by atoms with Gasteiger partial charge >= 0.3 is 6.03 Å². The summed E-state index contributed by atoms with van der Waals surface area (Å²) in [4.78, 5) is 25.3. The Balaban J connectivity index is 1.76. The predicted molar refractivity (Wildman–Crippen MR) is 106 cm³/mol. The summed E-state index contributed by atoms with van der Waals surface area (Å²) in [7, 11) is 0.